The molecule has 0 unspecified atom stereocenters. The number of nitrogens with zero attached hydrogens (tertiary/aromatic N) is 1. The van der Waals surface area contributed by atoms with Gasteiger partial charge in [0.25, 0.3) is 5.91 Å². The van der Waals surface area contributed by atoms with E-state index in [0.717, 1.165) is 11.1 Å². The van der Waals surface area contributed by atoms with Gasteiger partial charge in [-0.3, -0.25) is 4.79 Å². The smallest absolute Gasteiger partial charge is 0.257 e. The first kappa shape index (κ1) is 18.2. The molecular formula is C23H20N2O2. The first-order valence-corrected chi connectivity index (χ1v) is 8.76. The van der Waals surface area contributed by atoms with Crippen LogP contribution < -0.4 is 10.1 Å². The maximum absolute atomic E-state index is 12.3. The van der Waals surface area contributed by atoms with Crippen molar-refractivity contribution in [2.24, 2.45) is 0 Å². The van der Waals surface area contributed by atoms with Crippen LogP contribution in [0.4, 0.5) is 0 Å². The lowest BCUT2D eigenvalue weighted by Gasteiger charge is -2.19. The van der Waals surface area contributed by atoms with Crippen LogP contribution in [0.5, 0.6) is 5.75 Å². The Hall–Kier alpha value is -3.58. The number of nitriles is 1. The molecule has 27 heavy (non-hydrogen) atoms. The van der Waals surface area contributed by atoms with E-state index in [-0.39, 0.29) is 18.4 Å². The van der Waals surface area contributed by atoms with Gasteiger partial charge in [-0.05, 0) is 23.3 Å². The zero-order chi connectivity index (χ0) is 18.9. The van der Waals surface area contributed by atoms with E-state index >= 15 is 0 Å². The molecule has 0 saturated carbocycles. The maximum atomic E-state index is 12.3. The summed E-state index contributed by atoms with van der Waals surface area (Å²) in [5, 5.41) is 12.0. The lowest BCUT2D eigenvalue weighted by molar-refractivity contribution is -0.123. The molecule has 1 N–H and O–H groups in total. The van der Waals surface area contributed by atoms with E-state index in [1.807, 2.05) is 36.4 Å². The number of amides is 1. The van der Waals surface area contributed by atoms with Crippen LogP contribution in [0.1, 0.15) is 22.6 Å². The van der Waals surface area contributed by atoms with Crippen molar-refractivity contribution in [2.75, 3.05) is 13.2 Å². The number of carbonyl (C=O) groups is 1. The van der Waals surface area contributed by atoms with Crippen molar-refractivity contribution in [3.8, 4) is 11.8 Å². The summed E-state index contributed by atoms with van der Waals surface area (Å²) in [5.74, 6) is 0.250. The average Bonchev–Trinajstić information content (AvgIpc) is 2.74. The summed E-state index contributed by atoms with van der Waals surface area (Å²) < 4.78 is 5.50. The van der Waals surface area contributed by atoms with E-state index in [0.29, 0.717) is 17.9 Å². The van der Waals surface area contributed by atoms with Crippen LogP contribution in [-0.2, 0) is 4.79 Å². The first-order chi connectivity index (χ1) is 13.3. The Morgan fingerprint density at radius 1 is 0.889 bits per heavy atom. The molecule has 0 aliphatic rings. The van der Waals surface area contributed by atoms with Crippen molar-refractivity contribution < 1.29 is 9.53 Å². The minimum Gasteiger partial charge on any atom is -0.482 e. The van der Waals surface area contributed by atoms with Gasteiger partial charge in [-0.1, -0.05) is 72.8 Å². The third-order valence-corrected chi connectivity index (χ3v) is 4.27. The van der Waals surface area contributed by atoms with Gasteiger partial charge in [-0.25, -0.2) is 0 Å². The monoisotopic (exact) mass is 356 g/mol. The highest BCUT2D eigenvalue weighted by Crippen LogP contribution is 2.23. The molecule has 0 fully saturated rings. The Kier molecular flexibility index (Phi) is 6.21. The number of hydrogen-bond acceptors (Lipinski definition) is 3. The van der Waals surface area contributed by atoms with Crippen LogP contribution in [-0.4, -0.2) is 19.1 Å². The van der Waals surface area contributed by atoms with Gasteiger partial charge in [-0.2, -0.15) is 5.26 Å². The van der Waals surface area contributed by atoms with Crippen LogP contribution in [0.25, 0.3) is 0 Å². The van der Waals surface area contributed by atoms with Crippen LogP contribution >= 0.6 is 0 Å². The fourth-order valence-electron chi connectivity index (χ4n) is 2.89. The number of para-hydroxylation sites is 1. The molecule has 3 rings (SSSR count). The second kappa shape index (κ2) is 9.21. The van der Waals surface area contributed by atoms with Crippen LogP contribution in [0, 0.1) is 11.3 Å². The number of nitrogens with one attached hydrogen (secondary N) is 1. The lowest BCUT2D eigenvalue weighted by atomic mass is 9.91. The predicted octanol–water partition coefficient (Wildman–Crippen LogP) is 3.89. The maximum Gasteiger partial charge on any atom is 0.257 e. The number of ether oxygens (including phenoxy) is 1. The standard InChI is InChI=1S/C23H20N2O2/c24-15-20-13-7-8-14-22(20)27-17-23(26)25-16-21(18-9-3-1-4-10-18)19-11-5-2-6-12-19/h1-14,21H,16-17H2,(H,25,26). The van der Waals surface area contributed by atoms with E-state index in [1.54, 1.807) is 24.3 Å². The van der Waals surface area contributed by atoms with Gasteiger partial charge >= 0.3 is 0 Å². The molecule has 0 aliphatic carbocycles. The fraction of sp³-hybridized carbons (Fsp3) is 0.130. The summed E-state index contributed by atoms with van der Waals surface area (Å²) in [4.78, 5) is 12.3. The topological polar surface area (TPSA) is 62.1 Å². The van der Waals surface area contributed by atoms with Crippen molar-refractivity contribution in [1.29, 1.82) is 5.26 Å². The summed E-state index contributed by atoms with van der Waals surface area (Å²) in [6.07, 6.45) is 0. The van der Waals surface area contributed by atoms with E-state index in [1.165, 1.54) is 0 Å². The second-order valence-corrected chi connectivity index (χ2v) is 6.07. The Balaban J connectivity index is 1.63. The molecule has 0 saturated heterocycles. The van der Waals surface area contributed by atoms with Gasteiger partial charge in [0.1, 0.15) is 11.8 Å². The molecule has 4 heteroatoms. The molecule has 0 atom stereocenters. The SMILES string of the molecule is N#Cc1ccccc1OCC(=O)NCC(c1ccccc1)c1ccccc1. The summed E-state index contributed by atoms with van der Waals surface area (Å²) in [6.45, 7) is 0.338. The zero-order valence-corrected chi connectivity index (χ0v) is 14.8. The second-order valence-electron chi connectivity index (χ2n) is 6.07. The Bertz CT molecular complexity index is 878. The molecule has 0 aromatic heterocycles. The summed E-state index contributed by atoms with van der Waals surface area (Å²) in [6, 6.07) is 29.1. The number of rotatable bonds is 7. The molecule has 0 heterocycles. The van der Waals surface area contributed by atoms with E-state index in [4.69, 9.17) is 10.00 Å². The van der Waals surface area contributed by atoms with E-state index in [2.05, 4.69) is 35.7 Å². The highest BCUT2D eigenvalue weighted by Gasteiger charge is 2.15. The fourth-order valence-corrected chi connectivity index (χ4v) is 2.89. The van der Waals surface area contributed by atoms with Crippen molar-refractivity contribution in [3.63, 3.8) is 0 Å². The minimum atomic E-state index is -0.223. The number of hydrogen-bond donors (Lipinski definition) is 1. The van der Waals surface area contributed by atoms with Gasteiger partial charge in [0.05, 0.1) is 5.56 Å². The molecule has 3 aromatic rings. The van der Waals surface area contributed by atoms with Crippen molar-refractivity contribution in [1.82, 2.24) is 5.32 Å². The van der Waals surface area contributed by atoms with Gasteiger partial charge in [-0.15, -0.1) is 0 Å². The highest BCUT2D eigenvalue weighted by molar-refractivity contribution is 5.77. The predicted molar refractivity (Wildman–Crippen MR) is 104 cm³/mol. The van der Waals surface area contributed by atoms with Crippen molar-refractivity contribution in [2.45, 2.75) is 5.92 Å². The first-order valence-electron chi connectivity index (χ1n) is 8.76. The third kappa shape index (κ3) is 4.96. The highest BCUT2D eigenvalue weighted by atomic mass is 16.5. The number of carbonyl (C=O) groups excluding carboxylic acids is 1. The van der Waals surface area contributed by atoms with Crippen molar-refractivity contribution in [3.05, 3.63) is 102 Å². The largest absolute Gasteiger partial charge is 0.482 e. The molecule has 0 aliphatic heterocycles. The third-order valence-electron chi connectivity index (χ3n) is 4.27. The quantitative estimate of drug-likeness (QED) is 0.699. The molecule has 0 radical (unpaired) electrons. The molecule has 0 spiro atoms. The van der Waals surface area contributed by atoms with E-state index < -0.39 is 0 Å². The Labute approximate surface area is 159 Å². The van der Waals surface area contributed by atoms with Crippen molar-refractivity contribution >= 4 is 5.91 Å². The van der Waals surface area contributed by atoms with Gasteiger partial charge in [0.15, 0.2) is 6.61 Å². The van der Waals surface area contributed by atoms with Gasteiger partial charge in [0.2, 0.25) is 0 Å². The van der Waals surface area contributed by atoms with E-state index in [9.17, 15) is 4.79 Å². The molecule has 134 valence electrons. The summed E-state index contributed by atoms with van der Waals surface area (Å²) in [5.41, 5.74) is 2.69. The molecule has 1 amide bonds. The van der Waals surface area contributed by atoms with Gasteiger partial charge in [0, 0.05) is 12.5 Å². The molecule has 0 bridgehead atoms. The molecule has 4 nitrogen and oxygen atoms in total. The average molecular weight is 356 g/mol. The summed E-state index contributed by atoms with van der Waals surface area (Å²) in [7, 11) is 0. The van der Waals surface area contributed by atoms with Gasteiger partial charge < -0.3 is 10.1 Å². The summed E-state index contributed by atoms with van der Waals surface area (Å²) >= 11 is 0. The Morgan fingerprint density at radius 3 is 2.04 bits per heavy atom. The van der Waals surface area contributed by atoms with Crippen LogP contribution in [0.15, 0.2) is 84.9 Å². The Morgan fingerprint density at radius 2 is 1.44 bits per heavy atom. The zero-order valence-electron chi connectivity index (χ0n) is 14.8. The minimum absolute atomic E-state index is 0.0581. The molecular weight excluding hydrogens is 336 g/mol. The van der Waals surface area contributed by atoms with Crippen LogP contribution in [0.3, 0.4) is 0 Å². The lowest BCUT2D eigenvalue weighted by Crippen LogP contribution is -2.32. The number of benzene rings is 3. The van der Waals surface area contributed by atoms with Crippen LogP contribution in [0.2, 0.25) is 0 Å². The normalized spacial score (nSPS) is 10.2. The molecule has 3 aromatic carbocycles.